The van der Waals surface area contributed by atoms with Crippen molar-refractivity contribution in [2.24, 2.45) is 10.9 Å². The van der Waals surface area contributed by atoms with Crippen molar-refractivity contribution in [1.29, 1.82) is 0 Å². The molecule has 0 heterocycles. The summed E-state index contributed by atoms with van der Waals surface area (Å²) < 4.78 is 0. The van der Waals surface area contributed by atoms with Crippen LogP contribution >= 0.6 is 0 Å². The highest BCUT2D eigenvalue weighted by molar-refractivity contribution is 5.83. The van der Waals surface area contributed by atoms with Gasteiger partial charge in [0.15, 0.2) is 0 Å². The molecular formula is C13H23N. The van der Waals surface area contributed by atoms with Crippen LogP contribution < -0.4 is 0 Å². The van der Waals surface area contributed by atoms with Gasteiger partial charge in [-0.3, -0.25) is 4.99 Å². The molecule has 80 valence electrons. The Morgan fingerprint density at radius 2 is 1.86 bits per heavy atom. The minimum absolute atomic E-state index is 0.570. The van der Waals surface area contributed by atoms with Crippen LogP contribution in [0.4, 0.5) is 0 Å². The average molecular weight is 193 g/mol. The predicted octanol–water partition coefficient (Wildman–Crippen LogP) is 4.02. The maximum Gasteiger partial charge on any atom is 0.0569 e. The molecule has 0 N–H and O–H groups in total. The first-order valence-electron chi connectivity index (χ1n) is 5.35. The molecular weight excluding hydrogens is 170 g/mol. The lowest BCUT2D eigenvalue weighted by molar-refractivity contribution is 0.871. The van der Waals surface area contributed by atoms with E-state index in [9.17, 15) is 0 Å². The van der Waals surface area contributed by atoms with Crippen molar-refractivity contribution in [1.82, 2.24) is 0 Å². The number of aliphatic imine (C=N–C) groups is 1. The Hall–Kier alpha value is -0.850. The third-order valence-electron chi connectivity index (χ3n) is 2.38. The molecule has 0 unspecified atom stereocenters. The van der Waals surface area contributed by atoms with Crippen molar-refractivity contribution in [3.63, 3.8) is 0 Å². The zero-order chi connectivity index (χ0) is 11.0. The van der Waals surface area contributed by atoms with Gasteiger partial charge in [-0.1, -0.05) is 37.6 Å². The second-order valence-corrected chi connectivity index (χ2v) is 3.95. The summed E-state index contributed by atoms with van der Waals surface area (Å²) in [6.07, 6.45) is 7.52. The first-order valence-corrected chi connectivity index (χ1v) is 5.35. The molecule has 14 heavy (non-hydrogen) atoms. The molecule has 0 aromatic heterocycles. The Morgan fingerprint density at radius 3 is 2.36 bits per heavy atom. The minimum Gasteiger partial charge on any atom is -0.290 e. The molecule has 0 aliphatic carbocycles. The predicted molar refractivity (Wildman–Crippen MR) is 66.0 cm³/mol. The van der Waals surface area contributed by atoms with Crippen LogP contribution in [0.1, 0.15) is 41.0 Å². The van der Waals surface area contributed by atoms with Crippen molar-refractivity contribution in [3.05, 3.63) is 23.8 Å². The second-order valence-electron chi connectivity index (χ2n) is 3.95. The van der Waals surface area contributed by atoms with Gasteiger partial charge in [0.05, 0.1) is 6.54 Å². The fourth-order valence-electron chi connectivity index (χ4n) is 0.841. The van der Waals surface area contributed by atoms with Crippen molar-refractivity contribution in [2.45, 2.75) is 41.0 Å². The van der Waals surface area contributed by atoms with Crippen molar-refractivity contribution < 1.29 is 0 Å². The van der Waals surface area contributed by atoms with Gasteiger partial charge in [0.1, 0.15) is 0 Å². The standard InChI is InChI=1S/C13H23N/c1-6-12(4)9-7-8-10-14-13(5)11(2)3/h6-8,11H,9-10H2,1-5H3/b8-7-,12-6+,14-13+. The van der Waals surface area contributed by atoms with Gasteiger partial charge >= 0.3 is 0 Å². The third-order valence-corrected chi connectivity index (χ3v) is 2.38. The SMILES string of the molecule is C/C=C(\C)C/C=C\C/N=C(\C)C(C)C. The van der Waals surface area contributed by atoms with E-state index in [2.05, 4.69) is 57.8 Å². The molecule has 0 atom stereocenters. The van der Waals surface area contributed by atoms with E-state index in [-0.39, 0.29) is 0 Å². The summed E-state index contributed by atoms with van der Waals surface area (Å²) in [5.41, 5.74) is 2.64. The van der Waals surface area contributed by atoms with Gasteiger partial charge in [0.2, 0.25) is 0 Å². The zero-order valence-electron chi connectivity index (χ0n) is 10.2. The van der Waals surface area contributed by atoms with Gasteiger partial charge in [-0.05, 0) is 33.1 Å². The summed E-state index contributed by atoms with van der Waals surface area (Å²) in [6, 6.07) is 0. The number of hydrogen-bond acceptors (Lipinski definition) is 1. The van der Waals surface area contributed by atoms with Crippen LogP contribution in [0.5, 0.6) is 0 Å². The van der Waals surface area contributed by atoms with Crippen LogP contribution in [0, 0.1) is 5.92 Å². The highest BCUT2D eigenvalue weighted by atomic mass is 14.7. The summed E-state index contributed by atoms with van der Waals surface area (Å²) >= 11 is 0. The Bertz CT molecular complexity index is 232. The largest absolute Gasteiger partial charge is 0.290 e. The molecule has 0 amide bonds. The molecule has 0 spiro atoms. The molecule has 1 nitrogen and oxygen atoms in total. The Balaban J connectivity index is 3.79. The summed E-state index contributed by atoms with van der Waals surface area (Å²) in [7, 11) is 0. The number of allylic oxidation sites excluding steroid dienone is 3. The van der Waals surface area contributed by atoms with Crippen LogP contribution in [0.2, 0.25) is 0 Å². The highest BCUT2D eigenvalue weighted by Crippen LogP contribution is 2.00. The molecule has 0 bridgehead atoms. The Labute approximate surface area is 88.6 Å². The van der Waals surface area contributed by atoms with Crippen LogP contribution in [0.15, 0.2) is 28.8 Å². The topological polar surface area (TPSA) is 12.4 Å². The summed E-state index contributed by atoms with van der Waals surface area (Å²) in [5, 5.41) is 0. The quantitative estimate of drug-likeness (QED) is 0.462. The molecule has 0 aromatic rings. The Kier molecular flexibility index (Phi) is 7.09. The fourth-order valence-corrected chi connectivity index (χ4v) is 0.841. The van der Waals surface area contributed by atoms with E-state index in [1.165, 1.54) is 11.3 Å². The number of rotatable bonds is 5. The van der Waals surface area contributed by atoms with Crippen LogP contribution in [0.3, 0.4) is 0 Å². The summed E-state index contributed by atoms with van der Waals surface area (Å²) in [5.74, 6) is 0.570. The van der Waals surface area contributed by atoms with Gasteiger partial charge in [-0.15, -0.1) is 0 Å². The van der Waals surface area contributed by atoms with Crippen molar-refractivity contribution in [3.8, 4) is 0 Å². The first-order chi connectivity index (χ1) is 6.57. The lowest BCUT2D eigenvalue weighted by Crippen LogP contribution is -2.01. The smallest absolute Gasteiger partial charge is 0.0569 e. The van der Waals surface area contributed by atoms with E-state index in [0.29, 0.717) is 5.92 Å². The van der Waals surface area contributed by atoms with Gasteiger partial charge in [-0.2, -0.15) is 0 Å². The van der Waals surface area contributed by atoms with E-state index in [4.69, 9.17) is 0 Å². The molecule has 0 saturated carbocycles. The molecule has 0 aliphatic rings. The molecule has 1 heteroatoms. The lowest BCUT2D eigenvalue weighted by atomic mass is 10.1. The van der Waals surface area contributed by atoms with Crippen LogP contribution in [-0.2, 0) is 0 Å². The molecule has 0 aliphatic heterocycles. The average Bonchev–Trinajstić information content (AvgIpc) is 2.16. The molecule has 0 saturated heterocycles. The summed E-state index contributed by atoms with van der Waals surface area (Å²) in [6.45, 7) is 11.5. The molecule has 0 fully saturated rings. The van der Waals surface area contributed by atoms with E-state index < -0.39 is 0 Å². The second kappa shape index (κ2) is 7.54. The zero-order valence-corrected chi connectivity index (χ0v) is 10.2. The third kappa shape index (κ3) is 6.64. The first kappa shape index (κ1) is 13.2. The fraction of sp³-hybridized carbons (Fsp3) is 0.615. The van der Waals surface area contributed by atoms with E-state index in [1.54, 1.807) is 0 Å². The van der Waals surface area contributed by atoms with E-state index in [1.807, 2.05) is 0 Å². The van der Waals surface area contributed by atoms with Crippen molar-refractivity contribution in [2.75, 3.05) is 6.54 Å². The highest BCUT2D eigenvalue weighted by Gasteiger charge is 1.94. The summed E-state index contributed by atoms with van der Waals surface area (Å²) in [4.78, 5) is 4.46. The lowest BCUT2D eigenvalue weighted by Gasteiger charge is -2.01. The van der Waals surface area contributed by atoms with Gasteiger partial charge in [0.25, 0.3) is 0 Å². The maximum atomic E-state index is 4.46. The minimum atomic E-state index is 0.570. The van der Waals surface area contributed by atoms with E-state index >= 15 is 0 Å². The Morgan fingerprint density at radius 1 is 1.21 bits per heavy atom. The normalized spacial score (nSPS) is 14.4. The van der Waals surface area contributed by atoms with Crippen LogP contribution in [0.25, 0.3) is 0 Å². The monoisotopic (exact) mass is 193 g/mol. The molecule has 0 radical (unpaired) electrons. The number of hydrogen-bond donors (Lipinski definition) is 0. The van der Waals surface area contributed by atoms with Gasteiger partial charge < -0.3 is 0 Å². The van der Waals surface area contributed by atoms with Crippen molar-refractivity contribution >= 4 is 5.71 Å². The van der Waals surface area contributed by atoms with Gasteiger partial charge in [-0.25, -0.2) is 0 Å². The van der Waals surface area contributed by atoms with Crippen LogP contribution in [-0.4, -0.2) is 12.3 Å². The molecule has 0 rings (SSSR count). The van der Waals surface area contributed by atoms with E-state index in [0.717, 1.165) is 13.0 Å². The maximum absolute atomic E-state index is 4.46. The molecule has 0 aromatic carbocycles. The van der Waals surface area contributed by atoms with Gasteiger partial charge in [0, 0.05) is 5.71 Å². The number of nitrogens with zero attached hydrogens (tertiary/aromatic N) is 1.